The number of fused-ring (bicyclic) bond motifs is 1. The maximum Gasteiger partial charge on any atom is 0.326 e. The second-order valence-corrected chi connectivity index (χ2v) is 6.30. The van der Waals surface area contributed by atoms with Crippen LogP contribution in [0.3, 0.4) is 0 Å². The Hall–Kier alpha value is -2.18. The standard InChI is InChI=1S/C16H23N3O4/c1-10(2)15(16(22)23)17-13(20)9-19-14(21)8-11-6-4-3-5-7-12(11)18-19/h8,10,15H,3-7,9H2,1-2H3,(H,17,20)(H,22,23)/t15-/m1/s1. The number of carboxylic acid groups (broad SMARTS) is 1. The maximum absolute atomic E-state index is 12.1. The Morgan fingerprint density at radius 1 is 1.30 bits per heavy atom. The average molecular weight is 321 g/mol. The molecule has 2 rings (SSSR count). The summed E-state index contributed by atoms with van der Waals surface area (Å²) in [5.74, 6) is -1.85. The minimum atomic E-state index is -1.09. The van der Waals surface area contributed by atoms with Crippen LogP contribution in [-0.2, 0) is 29.0 Å². The summed E-state index contributed by atoms with van der Waals surface area (Å²) in [7, 11) is 0. The van der Waals surface area contributed by atoms with Crippen LogP contribution in [0.5, 0.6) is 0 Å². The van der Waals surface area contributed by atoms with Crippen molar-refractivity contribution in [3.8, 4) is 0 Å². The summed E-state index contributed by atoms with van der Waals surface area (Å²) in [6, 6.07) is 0.581. The van der Waals surface area contributed by atoms with Crippen LogP contribution in [0, 0.1) is 5.92 Å². The van der Waals surface area contributed by atoms with Gasteiger partial charge in [0.05, 0.1) is 5.69 Å². The Morgan fingerprint density at radius 2 is 2.00 bits per heavy atom. The number of carbonyl (C=O) groups excluding carboxylic acids is 1. The van der Waals surface area contributed by atoms with Crippen molar-refractivity contribution in [2.75, 3.05) is 0 Å². The molecule has 1 amide bonds. The predicted molar refractivity (Wildman–Crippen MR) is 84.2 cm³/mol. The van der Waals surface area contributed by atoms with Crippen molar-refractivity contribution < 1.29 is 14.7 Å². The molecule has 0 saturated carbocycles. The largest absolute Gasteiger partial charge is 0.480 e. The molecule has 126 valence electrons. The van der Waals surface area contributed by atoms with Crippen LogP contribution in [0.25, 0.3) is 0 Å². The Morgan fingerprint density at radius 3 is 2.65 bits per heavy atom. The molecule has 0 unspecified atom stereocenters. The first-order chi connectivity index (χ1) is 10.9. The normalized spacial score (nSPS) is 15.6. The molecule has 7 nitrogen and oxygen atoms in total. The summed E-state index contributed by atoms with van der Waals surface area (Å²) in [4.78, 5) is 35.3. The quantitative estimate of drug-likeness (QED) is 0.779. The molecule has 1 atom stereocenters. The number of aromatic nitrogens is 2. The van der Waals surface area contributed by atoms with Crippen LogP contribution in [-0.4, -0.2) is 32.8 Å². The van der Waals surface area contributed by atoms with E-state index < -0.39 is 17.9 Å². The second-order valence-electron chi connectivity index (χ2n) is 6.30. The molecule has 0 fully saturated rings. The maximum atomic E-state index is 12.1. The van der Waals surface area contributed by atoms with Gasteiger partial charge in [-0.1, -0.05) is 20.3 Å². The van der Waals surface area contributed by atoms with Gasteiger partial charge < -0.3 is 10.4 Å². The molecule has 0 aromatic carbocycles. The number of rotatable bonds is 5. The number of amides is 1. The molecule has 1 aliphatic carbocycles. The van der Waals surface area contributed by atoms with Gasteiger partial charge in [0.15, 0.2) is 0 Å². The van der Waals surface area contributed by atoms with Crippen molar-refractivity contribution in [3.05, 3.63) is 27.7 Å². The zero-order chi connectivity index (χ0) is 17.0. The third-order valence-corrected chi connectivity index (χ3v) is 4.07. The van der Waals surface area contributed by atoms with Crippen molar-refractivity contribution in [2.24, 2.45) is 5.92 Å². The van der Waals surface area contributed by atoms with Gasteiger partial charge in [0.2, 0.25) is 5.91 Å². The van der Waals surface area contributed by atoms with Gasteiger partial charge in [0, 0.05) is 6.07 Å². The van der Waals surface area contributed by atoms with Crippen LogP contribution in [0.4, 0.5) is 0 Å². The van der Waals surface area contributed by atoms with E-state index in [0.29, 0.717) is 0 Å². The molecule has 1 aromatic rings. The number of aryl methyl sites for hydroxylation is 2. The third kappa shape index (κ3) is 4.40. The number of nitrogens with one attached hydrogen (secondary N) is 1. The molecule has 7 heteroatoms. The van der Waals surface area contributed by atoms with Crippen molar-refractivity contribution in [2.45, 2.75) is 58.5 Å². The summed E-state index contributed by atoms with van der Waals surface area (Å²) < 4.78 is 1.12. The van der Waals surface area contributed by atoms with Gasteiger partial charge in [-0.2, -0.15) is 5.10 Å². The van der Waals surface area contributed by atoms with E-state index in [2.05, 4.69) is 10.4 Å². The molecule has 1 heterocycles. The fourth-order valence-electron chi connectivity index (χ4n) is 2.76. The summed E-state index contributed by atoms with van der Waals surface area (Å²) in [6.45, 7) is 3.17. The first-order valence-electron chi connectivity index (χ1n) is 8.00. The van der Waals surface area contributed by atoms with Crippen LogP contribution in [0.1, 0.15) is 44.4 Å². The van der Waals surface area contributed by atoms with E-state index in [1.54, 1.807) is 19.9 Å². The number of aliphatic carboxylic acids is 1. The second kappa shape index (κ2) is 7.39. The van der Waals surface area contributed by atoms with Crippen molar-refractivity contribution in [1.29, 1.82) is 0 Å². The van der Waals surface area contributed by atoms with Gasteiger partial charge >= 0.3 is 5.97 Å². The van der Waals surface area contributed by atoms with Gasteiger partial charge in [0.25, 0.3) is 5.56 Å². The fraction of sp³-hybridized carbons (Fsp3) is 0.625. The number of carboxylic acids is 1. The molecular weight excluding hydrogens is 298 g/mol. The third-order valence-electron chi connectivity index (χ3n) is 4.07. The van der Waals surface area contributed by atoms with Crippen molar-refractivity contribution >= 4 is 11.9 Å². The molecule has 0 spiro atoms. The van der Waals surface area contributed by atoms with E-state index >= 15 is 0 Å². The van der Waals surface area contributed by atoms with Crippen LogP contribution >= 0.6 is 0 Å². The highest BCUT2D eigenvalue weighted by Crippen LogP contribution is 2.16. The monoisotopic (exact) mass is 321 g/mol. The number of nitrogens with zero attached hydrogens (tertiary/aromatic N) is 2. The van der Waals surface area contributed by atoms with Crippen LogP contribution in [0.2, 0.25) is 0 Å². The molecule has 2 N–H and O–H groups in total. The smallest absolute Gasteiger partial charge is 0.326 e. The number of carbonyl (C=O) groups is 2. The van der Waals surface area contributed by atoms with Crippen LogP contribution in [0.15, 0.2) is 10.9 Å². The average Bonchev–Trinajstić information content (AvgIpc) is 2.69. The highest BCUT2D eigenvalue weighted by atomic mass is 16.4. The Kier molecular flexibility index (Phi) is 5.52. The zero-order valence-electron chi connectivity index (χ0n) is 13.5. The Labute approximate surface area is 134 Å². The molecule has 0 saturated heterocycles. The highest BCUT2D eigenvalue weighted by molar-refractivity contribution is 5.83. The molecule has 1 aliphatic rings. The van der Waals surface area contributed by atoms with E-state index in [1.807, 2.05) is 0 Å². The lowest BCUT2D eigenvalue weighted by atomic mass is 10.1. The Balaban J connectivity index is 2.13. The molecule has 23 heavy (non-hydrogen) atoms. The fourth-order valence-corrected chi connectivity index (χ4v) is 2.76. The topological polar surface area (TPSA) is 101 Å². The summed E-state index contributed by atoms with van der Waals surface area (Å²) >= 11 is 0. The minimum Gasteiger partial charge on any atom is -0.480 e. The number of hydrogen-bond donors (Lipinski definition) is 2. The molecule has 1 aromatic heterocycles. The predicted octanol–water partition coefficient (Wildman–Crippen LogP) is 0.738. The van der Waals surface area contributed by atoms with Gasteiger partial charge in [-0.25, -0.2) is 9.48 Å². The molecular formula is C16H23N3O4. The lowest BCUT2D eigenvalue weighted by Gasteiger charge is -2.18. The summed E-state index contributed by atoms with van der Waals surface area (Å²) in [5.41, 5.74) is 1.51. The lowest BCUT2D eigenvalue weighted by Crippen LogP contribution is -2.46. The van der Waals surface area contributed by atoms with E-state index in [1.165, 1.54) is 0 Å². The molecule has 0 radical (unpaired) electrons. The van der Waals surface area contributed by atoms with Gasteiger partial charge in [-0.15, -0.1) is 0 Å². The van der Waals surface area contributed by atoms with E-state index in [9.17, 15) is 14.4 Å². The van der Waals surface area contributed by atoms with E-state index in [4.69, 9.17) is 5.11 Å². The molecule has 0 aliphatic heterocycles. The highest BCUT2D eigenvalue weighted by Gasteiger charge is 2.24. The lowest BCUT2D eigenvalue weighted by molar-refractivity contribution is -0.143. The zero-order valence-corrected chi connectivity index (χ0v) is 13.5. The minimum absolute atomic E-state index is 0.242. The first kappa shape index (κ1) is 17.2. The van der Waals surface area contributed by atoms with Gasteiger partial charge in [-0.3, -0.25) is 9.59 Å². The van der Waals surface area contributed by atoms with Gasteiger partial charge in [-0.05, 0) is 37.2 Å². The van der Waals surface area contributed by atoms with Crippen molar-refractivity contribution in [3.63, 3.8) is 0 Å². The van der Waals surface area contributed by atoms with Gasteiger partial charge in [0.1, 0.15) is 12.6 Å². The Bertz CT molecular complexity index is 651. The molecule has 0 bridgehead atoms. The SMILES string of the molecule is CC(C)[C@@H](NC(=O)Cn1nc2c(cc1=O)CCCCC2)C(=O)O. The summed E-state index contributed by atoms with van der Waals surface area (Å²) in [6.07, 6.45) is 4.84. The van der Waals surface area contributed by atoms with Crippen LogP contribution < -0.4 is 10.9 Å². The van der Waals surface area contributed by atoms with E-state index in [0.717, 1.165) is 48.0 Å². The van der Waals surface area contributed by atoms with E-state index in [-0.39, 0.29) is 18.0 Å². The summed E-state index contributed by atoms with van der Waals surface area (Å²) in [5, 5.41) is 15.9. The first-order valence-corrected chi connectivity index (χ1v) is 8.00. The van der Waals surface area contributed by atoms with Crippen molar-refractivity contribution in [1.82, 2.24) is 15.1 Å². The number of hydrogen-bond acceptors (Lipinski definition) is 4.